The second-order valence-corrected chi connectivity index (χ2v) is 7.87. The van der Waals surface area contributed by atoms with Gasteiger partial charge in [-0.25, -0.2) is 0 Å². The lowest BCUT2D eigenvalue weighted by atomic mass is 9.75. The smallest absolute Gasteiger partial charge is 0.310 e. The number of nitrogens with zero attached hydrogens (tertiary/aromatic N) is 1. The zero-order valence-electron chi connectivity index (χ0n) is 13.7. The summed E-state index contributed by atoms with van der Waals surface area (Å²) >= 11 is 0. The third kappa shape index (κ3) is 3.58. The molecule has 2 saturated carbocycles. The molecule has 0 aromatic heterocycles. The average molecular weight is 295 g/mol. The molecule has 4 heteroatoms. The number of carbonyl (C=O) groups excluding carboxylic acids is 1. The Kier molecular flexibility index (Phi) is 4.64. The Morgan fingerprint density at radius 3 is 2.10 bits per heavy atom. The Balaban J connectivity index is 1.95. The van der Waals surface area contributed by atoms with Crippen LogP contribution in [0.4, 0.5) is 0 Å². The molecule has 1 amide bonds. The quantitative estimate of drug-likeness (QED) is 0.864. The van der Waals surface area contributed by atoms with E-state index in [9.17, 15) is 14.7 Å². The number of aliphatic carboxylic acids is 1. The van der Waals surface area contributed by atoms with Crippen LogP contribution in [0, 0.1) is 10.8 Å². The minimum atomic E-state index is -0.792. The van der Waals surface area contributed by atoms with Crippen LogP contribution >= 0.6 is 0 Å². The lowest BCUT2D eigenvalue weighted by molar-refractivity contribution is -0.153. The van der Waals surface area contributed by atoms with Gasteiger partial charge in [-0.3, -0.25) is 9.59 Å². The van der Waals surface area contributed by atoms with Crippen LogP contribution in [0.15, 0.2) is 0 Å². The molecule has 2 fully saturated rings. The van der Waals surface area contributed by atoms with Crippen molar-refractivity contribution in [2.75, 3.05) is 7.05 Å². The summed E-state index contributed by atoms with van der Waals surface area (Å²) in [6, 6.07) is 0.290. The first-order valence-corrected chi connectivity index (χ1v) is 8.25. The molecule has 2 aliphatic carbocycles. The Morgan fingerprint density at radius 2 is 1.62 bits per heavy atom. The van der Waals surface area contributed by atoms with Crippen molar-refractivity contribution in [3.8, 4) is 0 Å². The summed E-state index contributed by atoms with van der Waals surface area (Å²) in [4.78, 5) is 25.9. The summed E-state index contributed by atoms with van der Waals surface area (Å²) in [7, 11) is 1.86. The molecule has 4 nitrogen and oxygen atoms in total. The SMILES string of the molecule is CN(C(=O)CC1(C(=O)O)CCCC1)C1CCC(C)(C)CC1. The van der Waals surface area contributed by atoms with Crippen LogP contribution < -0.4 is 0 Å². The summed E-state index contributed by atoms with van der Waals surface area (Å²) in [5.74, 6) is -0.768. The lowest BCUT2D eigenvalue weighted by Gasteiger charge is -2.39. The van der Waals surface area contributed by atoms with Crippen molar-refractivity contribution in [3.63, 3.8) is 0 Å². The molecule has 2 rings (SSSR count). The van der Waals surface area contributed by atoms with Gasteiger partial charge in [-0.15, -0.1) is 0 Å². The van der Waals surface area contributed by atoms with Gasteiger partial charge in [0, 0.05) is 19.5 Å². The Bertz CT molecular complexity index is 400. The van der Waals surface area contributed by atoms with Gasteiger partial charge in [0.25, 0.3) is 0 Å². The van der Waals surface area contributed by atoms with Gasteiger partial charge in [0.15, 0.2) is 0 Å². The molecule has 0 radical (unpaired) electrons. The number of carbonyl (C=O) groups is 2. The summed E-state index contributed by atoms with van der Waals surface area (Å²) in [5, 5.41) is 9.50. The van der Waals surface area contributed by atoms with Gasteiger partial charge in [0.05, 0.1) is 5.41 Å². The lowest BCUT2D eigenvalue weighted by Crippen LogP contribution is -2.43. The molecule has 0 saturated heterocycles. The van der Waals surface area contributed by atoms with Crippen molar-refractivity contribution in [2.24, 2.45) is 10.8 Å². The van der Waals surface area contributed by atoms with Gasteiger partial charge in [0.1, 0.15) is 0 Å². The van der Waals surface area contributed by atoms with Crippen LogP contribution in [0.1, 0.15) is 71.6 Å². The average Bonchev–Trinajstić information content (AvgIpc) is 2.88. The van der Waals surface area contributed by atoms with Gasteiger partial charge >= 0.3 is 5.97 Å². The molecule has 0 aromatic rings. The molecule has 0 atom stereocenters. The summed E-state index contributed by atoms with van der Waals surface area (Å²) < 4.78 is 0. The molecule has 2 aliphatic rings. The second-order valence-electron chi connectivity index (χ2n) is 7.87. The maximum Gasteiger partial charge on any atom is 0.310 e. The van der Waals surface area contributed by atoms with Crippen molar-refractivity contribution < 1.29 is 14.7 Å². The summed E-state index contributed by atoms with van der Waals surface area (Å²) in [6.07, 6.45) is 7.70. The normalized spacial score (nSPS) is 24.7. The Morgan fingerprint density at radius 1 is 1.10 bits per heavy atom. The predicted molar refractivity (Wildman–Crippen MR) is 82.0 cm³/mol. The molecule has 0 spiro atoms. The highest BCUT2D eigenvalue weighted by atomic mass is 16.4. The van der Waals surface area contributed by atoms with Crippen molar-refractivity contribution in [1.82, 2.24) is 4.90 Å². The predicted octanol–water partition coefficient (Wildman–Crippen LogP) is 3.45. The van der Waals surface area contributed by atoms with E-state index in [1.54, 1.807) is 0 Å². The topological polar surface area (TPSA) is 57.6 Å². The van der Waals surface area contributed by atoms with E-state index in [1.807, 2.05) is 11.9 Å². The van der Waals surface area contributed by atoms with E-state index in [2.05, 4.69) is 13.8 Å². The third-order valence-electron chi connectivity index (χ3n) is 5.75. The molecule has 1 N–H and O–H groups in total. The fraction of sp³-hybridized carbons (Fsp3) is 0.882. The maximum absolute atomic E-state index is 12.5. The van der Waals surface area contributed by atoms with Gasteiger partial charge in [0.2, 0.25) is 5.91 Å². The number of carboxylic acids is 1. The number of hydrogen-bond donors (Lipinski definition) is 1. The monoisotopic (exact) mass is 295 g/mol. The molecule has 0 unspecified atom stereocenters. The van der Waals surface area contributed by atoms with Crippen LogP contribution in [-0.4, -0.2) is 35.0 Å². The molecule has 0 heterocycles. The minimum absolute atomic E-state index is 0.0176. The number of amides is 1. The van der Waals surface area contributed by atoms with Crippen LogP contribution in [0.25, 0.3) is 0 Å². The number of carboxylic acid groups (broad SMARTS) is 1. The van der Waals surface area contributed by atoms with Crippen LogP contribution in [0.5, 0.6) is 0 Å². The first-order chi connectivity index (χ1) is 9.76. The van der Waals surface area contributed by atoms with E-state index in [-0.39, 0.29) is 18.4 Å². The van der Waals surface area contributed by atoms with Gasteiger partial charge in [-0.2, -0.15) is 0 Å². The van der Waals surface area contributed by atoms with E-state index in [4.69, 9.17) is 0 Å². The zero-order valence-corrected chi connectivity index (χ0v) is 13.7. The molecular weight excluding hydrogens is 266 g/mol. The van der Waals surface area contributed by atoms with E-state index >= 15 is 0 Å². The summed E-state index contributed by atoms with van der Waals surface area (Å²) in [6.45, 7) is 4.56. The number of rotatable bonds is 4. The first-order valence-electron chi connectivity index (χ1n) is 8.25. The fourth-order valence-corrected chi connectivity index (χ4v) is 3.91. The maximum atomic E-state index is 12.5. The molecule has 21 heavy (non-hydrogen) atoms. The van der Waals surface area contributed by atoms with Crippen molar-refractivity contribution >= 4 is 11.9 Å². The molecule has 0 aromatic carbocycles. The van der Waals surface area contributed by atoms with Crippen molar-refractivity contribution in [3.05, 3.63) is 0 Å². The van der Waals surface area contributed by atoms with Gasteiger partial charge in [-0.05, 0) is 43.9 Å². The van der Waals surface area contributed by atoms with Crippen LogP contribution in [0.2, 0.25) is 0 Å². The third-order valence-corrected chi connectivity index (χ3v) is 5.75. The zero-order chi connectivity index (χ0) is 15.7. The number of hydrogen-bond acceptors (Lipinski definition) is 2. The largest absolute Gasteiger partial charge is 0.481 e. The Labute approximate surface area is 127 Å². The van der Waals surface area contributed by atoms with Crippen molar-refractivity contribution in [2.45, 2.75) is 77.7 Å². The standard InChI is InChI=1S/C17H29NO3/c1-16(2)10-6-13(7-11-16)18(3)14(19)12-17(15(20)21)8-4-5-9-17/h13H,4-12H2,1-3H3,(H,20,21). The summed E-state index contributed by atoms with van der Waals surface area (Å²) in [5.41, 5.74) is -0.409. The minimum Gasteiger partial charge on any atom is -0.481 e. The molecule has 0 aliphatic heterocycles. The molecule has 0 bridgehead atoms. The van der Waals surface area contributed by atoms with E-state index < -0.39 is 11.4 Å². The highest BCUT2D eigenvalue weighted by Gasteiger charge is 2.44. The first kappa shape index (κ1) is 16.3. The van der Waals surface area contributed by atoms with E-state index in [1.165, 1.54) is 0 Å². The highest BCUT2D eigenvalue weighted by molar-refractivity contribution is 5.85. The molecule has 120 valence electrons. The second kappa shape index (κ2) is 5.98. The fourth-order valence-electron chi connectivity index (χ4n) is 3.91. The van der Waals surface area contributed by atoms with Gasteiger partial charge < -0.3 is 10.0 Å². The van der Waals surface area contributed by atoms with E-state index in [0.717, 1.165) is 38.5 Å². The highest BCUT2D eigenvalue weighted by Crippen LogP contribution is 2.42. The van der Waals surface area contributed by atoms with Crippen molar-refractivity contribution in [1.29, 1.82) is 0 Å². The van der Waals surface area contributed by atoms with Gasteiger partial charge in [-0.1, -0.05) is 26.7 Å². The Hall–Kier alpha value is -1.06. The van der Waals surface area contributed by atoms with Crippen LogP contribution in [0.3, 0.4) is 0 Å². The molecular formula is C17H29NO3. The van der Waals surface area contributed by atoms with E-state index in [0.29, 0.717) is 18.3 Å². The van der Waals surface area contributed by atoms with Crippen LogP contribution in [-0.2, 0) is 9.59 Å².